The number of amides is 4. The Hall–Kier alpha value is -4.98. The molecule has 2 heterocycles. The van der Waals surface area contributed by atoms with E-state index in [1.54, 1.807) is 59.9 Å². The molecule has 4 fully saturated rings. The van der Waals surface area contributed by atoms with Crippen LogP contribution in [0.1, 0.15) is 157 Å². The van der Waals surface area contributed by atoms with Gasteiger partial charge in [-0.1, -0.05) is 47.5 Å². The Labute approximate surface area is 493 Å². The number of aromatic nitrogens is 1. The van der Waals surface area contributed by atoms with Crippen LogP contribution in [0.15, 0.2) is 45.5 Å². The number of ketones is 2. The van der Waals surface area contributed by atoms with Crippen LogP contribution in [0, 0.1) is 51.8 Å². The molecule has 4 saturated carbocycles. The van der Waals surface area contributed by atoms with Gasteiger partial charge in [-0.3, -0.25) is 29.0 Å². The van der Waals surface area contributed by atoms with Crippen molar-refractivity contribution in [3.8, 4) is 5.75 Å². The fourth-order valence-electron chi connectivity index (χ4n) is 15.3. The highest BCUT2D eigenvalue weighted by Crippen LogP contribution is 2.68. The summed E-state index contributed by atoms with van der Waals surface area (Å²) in [5, 5.41) is 16.5. The number of hydrogen-bond acceptors (Lipinski definition) is 14. The maximum Gasteiger partial charge on any atom is 0.415 e. The fourth-order valence-corrected chi connectivity index (χ4v) is 17.3. The number of aliphatic imine (C=N–C) groups is 1. The Morgan fingerprint density at radius 1 is 0.817 bits per heavy atom. The number of carbonyl (C=O) groups is 7. The van der Waals surface area contributed by atoms with E-state index in [2.05, 4.69) is 41.4 Å². The van der Waals surface area contributed by atoms with Gasteiger partial charge in [0.2, 0.25) is 17.7 Å². The minimum atomic E-state index is -0.992. The highest BCUT2D eigenvalue weighted by Gasteiger charge is 2.60. The van der Waals surface area contributed by atoms with E-state index in [9.17, 15) is 38.7 Å². The van der Waals surface area contributed by atoms with Crippen LogP contribution in [-0.4, -0.2) is 144 Å². The molecule has 0 bridgehead atoms. The van der Waals surface area contributed by atoms with Gasteiger partial charge in [-0.25, -0.2) is 14.6 Å². The van der Waals surface area contributed by atoms with Crippen molar-refractivity contribution < 1.29 is 52.9 Å². The average Bonchev–Trinajstić information content (AvgIpc) is 3.73. The molecule has 450 valence electrons. The average molecular weight is 1170 g/mol. The quantitative estimate of drug-likeness (QED) is 0.0590. The molecule has 82 heavy (non-hydrogen) atoms. The number of Topliss-reactive ketones (excluding diaryl/α,β-unsaturated/α-hetero) is 2. The number of allylic oxidation sites excluding steroid dienone is 4. The SMILES string of the molecule is CC1=C(C)C(=O)C(C(C)(C)CC(=O)N(C)CCN(CCOCCOCCC(=O)NCCCNC(=O)CC[C@H](C)[C@@H]2CC[C@@H]3[C@H]4CC[C@H]5CCCC[C@@]5(C)C4CC[C@]32C)C(=O)Oc2ccc3nc(C4=NC(C(=O)O)CS4)sc3c2)=C(C)C1=O. The second-order valence-electron chi connectivity index (χ2n) is 25.6. The smallest absolute Gasteiger partial charge is 0.415 e. The summed E-state index contributed by atoms with van der Waals surface area (Å²) < 4.78 is 18.1. The number of nitrogens with zero attached hydrogens (tertiary/aromatic N) is 4. The van der Waals surface area contributed by atoms with E-state index >= 15 is 0 Å². The van der Waals surface area contributed by atoms with Gasteiger partial charge >= 0.3 is 12.1 Å². The molecule has 19 heteroatoms. The Balaban J connectivity index is 0.728. The second-order valence-corrected chi connectivity index (χ2v) is 27.6. The number of thiazole rings is 1. The van der Waals surface area contributed by atoms with Crippen LogP contribution in [0.4, 0.5) is 4.79 Å². The summed E-state index contributed by atoms with van der Waals surface area (Å²) >= 11 is 2.65. The lowest BCUT2D eigenvalue weighted by molar-refractivity contribution is -0.138. The van der Waals surface area contributed by atoms with Crippen molar-refractivity contribution in [3.63, 3.8) is 0 Å². The van der Waals surface area contributed by atoms with Crippen molar-refractivity contribution >= 4 is 79.7 Å². The van der Waals surface area contributed by atoms with Crippen molar-refractivity contribution in [1.29, 1.82) is 0 Å². The molecule has 4 amide bonds. The summed E-state index contributed by atoms with van der Waals surface area (Å²) in [7, 11) is 1.62. The van der Waals surface area contributed by atoms with E-state index in [0.717, 1.165) is 34.8 Å². The van der Waals surface area contributed by atoms with Gasteiger partial charge < -0.3 is 39.8 Å². The number of benzene rings is 1. The molecule has 0 radical (unpaired) electrons. The maximum atomic E-state index is 13.8. The number of ether oxygens (including phenoxy) is 3. The molecule has 8 rings (SSSR count). The van der Waals surface area contributed by atoms with Crippen molar-refractivity contribution in [2.24, 2.45) is 56.7 Å². The van der Waals surface area contributed by atoms with Crippen molar-refractivity contribution in [3.05, 3.63) is 45.5 Å². The Morgan fingerprint density at radius 3 is 2.26 bits per heavy atom. The third kappa shape index (κ3) is 14.4. The van der Waals surface area contributed by atoms with Gasteiger partial charge in [0.05, 0.1) is 36.6 Å². The van der Waals surface area contributed by atoms with E-state index in [1.807, 2.05) is 0 Å². The number of carboxylic acid groups (broad SMARTS) is 1. The highest BCUT2D eigenvalue weighted by atomic mass is 32.2. The number of aliphatic carboxylic acids is 1. The highest BCUT2D eigenvalue weighted by molar-refractivity contribution is 8.15. The summed E-state index contributed by atoms with van der Waals surface area (Å²) in [6, 6.07) is 4.20. The van der Waals surface area contributed by atoms with Gasteiger partial charge in [0.25, 0.3) is 0 Å². The zero-order valence-corrected chi connectivity index (χ0v) is 51.7. The van der Waals surface area contributed by atoms with Crippen LogP contribution in [0.2, 0.25) is 0 Å². The standard InChI is InChI=1S/C63H90N6O11S2/c1-38(45-18-19-46-44-17-15-42-13-10-11-24-62(42,7)47(44)22-25-63(45,46)8)14-21-51(70)64-26-12-27-65-52(71)23-31-78-33-34-79-32-30-69(29-28-68(9)53(72)36-61(5,6)54-41(4)55(73)39(2)40(3)56(54)74)60(77)80-43-16-20-48-50(35-43)82-58(66-48)57-67-49(37-81-57)59(75)76/h16,20,35,38,42,44-47,49H,10-15,17-19,21-34,36-37H2,1-9H3,(H,64,70)(H,65,71)(H,75,76)/t38-,42+,44+,45-,46+,47?,49?,62+,63-/m0/s1. The third-order valence-corrected chi connectivity index (χ3v) is 22.3. The normalized spacial score (nSPS) is 26.7. The van der Waals surface area contributed by atoms with Crippen LogP contribution in [0.5, 0.6) is 5.75 Å². The first kappa shape index (κ1) is 63.1. The summed E-state index contributed by atoms with van der Waals surface area (Å²) in [6.45, 7) is 18.1. The van der Waals surface area contributed by atoms with Gasteiger partial charge in [-0.05, 0) is 143 Å². The van der Waals surface area contributed by atoms with Crippen LogP contribution in [0.25, 0.3) is 10.2 Å². The first-order valence-electron chi connectivity index (χ1n) is 30.2. The number of rotatable bonds is 26. The first-order valence-corrected chi connectivity index (χ1v) is 32.0. The molecule has 1 aliphatic heterocycles. The van der Waals surface area contributed by atoms with E-state index in [1.165, 1.54) is 97.1 Å². The van der Waals surface area contributed by atoms with Gasteiger partial charge in [0.1, 0.15) is 15.8 Å². The van der Waals surface area contributed by atoms with Gasteiger partial charge in [0, 0.05) is 98.6 Å². The Bertz CT molecular complexity index is 2830. The number of carboxylic acids is 1. The monoisotopic (exact) mass is 1170 g/mol. The molecule has 6 aliphatic rings. The molecule has 2 unspecified atom stereocenters. The molecule has 1 aromatic heterocycles. The fraction of sp³-hybridized carbons (Fsp3) is 0.698. The molecule has 0 spiro atoms. The predicted octanol–water partition coefficient (Wildman–Crippen LogP) is 10.2. The molecule has 2 aromatic rings. The van der Waals surface area contributed by atoms with Gasteiger partial charge in [-0.2, -0.15) is 0 Å². The van der Waals surface area contributed by atoms with E-state index < -0.39 is 23.5 Å². The number of carbonyl (C=O) groups excluding carboxylic acids is 6. The Morgan fingerprint density at radius 2 is 1.52 bits per heavy atom. The molecule has 0 saturated heterocycles. The summed E-state index contributed by atoms with van der Waals surface area (Å²) in [4.78, 5) is 103. The van der Waals surface area contributed by atoms with Crippen molar-refractivity contribution in [1.82, 2.24) is 25.4 Å². The van der Waals surface area contributed by atoms with Gasteiger partial charge in [-0.15, -0.1) is 23.1 Å². The minimum absolute atomic E-state index is 0.0465. The van der Waals surface area contributed by atoms with Crippen molar-refractivity contribution in [2.75, 3.05) is 72.0 Å². The number of likely N-dealkylation sites (N-methyl/N-ethyl adjacent to an activating group) is 1. The molecular formula is C63H90N6O11S2. The second kappa shape index (κ2) is 27.4. The number of fused-ring (bicyclic) bond motifs is 6. The molecule has 3 N–H and O–H groups in total. The molecule has 17 nitrogen and oxygen atoms in total. The third-order valence-electron chi connectivity index (χ3n) is 20.0. The lowest BCUT2D eigenvalue weighted by atomic mass is 9.44. The zero-order valence-electron chi connectivity index (χ0n) is 50.1. The minimum Gasteiger partial charge on any atom is -0.480 e. The van der Waals surface area contributed by atoms with Crippen LogP contribution in [0.3, 0.4) is 0 Å². The zero-order chi connectivity index (χ0) is 59.1. The van der Waals surface area contributed by atoms with Crippen LogP contribution in [-0.2, 0) is 38.2 Å². The summed E-state index contributed by atoms with van der Waals surface area (Å²) in [6.07, 6.45) is 15.6. The molecule has 9 atom stereocenters. The number of nitrogens with one attached hydrogen (secondary N) is 2. The lowest BCUT2D eigenvalue weighted by Gasteiger charge is -2.61. The van der Waals surface area contributed by atoms with Crippen LogP contribution < -0.4 is 15.4 Å². The summed E-state index contributed by atoms with van der Waals surface area (Å²) in [5.41, 5.74) is 2.13. The molecule has 5 aliphatic carbocycles. The molecule has 1 aromatic carbocycles. The van der Waals surface area contributed by atoms with Crippen molar-refractivity contribution in [2.45, 2.75) is 158 Å². The molecular weight excluding hydrogens is 1080 g/mol. The first-order chi connectivity index (χ1) is 39.0. The van der Waals surface area contributed by atoms with E-state index in [-0.39, 0.29) is 93.9 Å². The topological polar surface area (TPSA) is 223 Å². The van der Waals surface area contributed by atoms with Crippen LogP contribution >= 0.6 is 23.1 Å². The number of thioether (sulfide) groups is 1. The van der Waals surface area contributed by atoms with E-state index in [0.29, 0.717) is 92.2 Å². The van der Waals surface area contributed by atoms with Gasteiger partial charge in [0.15, 0.2) is 17.6 Å². The largest absolute Gasteiger partial charge is 0.480 e. The number of hydrogen-bond donors (Lipinski definition) is 3. The maximum absolute atomic E-state index is 13.8. The van der Waals surface area contributed by atoms with E-state index in [4.69, 9.17) is 14.2 Å². The Kier molecular flexibility index (Phi) is 21.0. The predicted molar refractivity (Wildman–Crippen MR) is 320 cm³/mol. The lowest BCUT2D eigenvalue weighted by Crippen LogP contribution is -2.53. The summed E-state index contributed by atoms with van der Waals surface area (Å²) in [5.74, 6) is 3.64.